The molecule has 2 aliphatic heterocycles. The molecule has 0 saturated carbocycles. The van der Waals surface area contributed by atoms with Crippen molar-refractivity contribution in [3.63, 3.8) is 0 Å². The van der Waals surface area contributed by atoms with Crippen molar-refractivity contribution in [3.8, 4) is 17.0 Å². The van der Waals surface area contributed by atoms with Crippen LogP contribution in [0.5, 0.6) is 5.75 Å². The average molecular weight is 616 g/mol. The van der Waals surface area contributed by atoms with Crippen LogP contribution < -0.4 is 15.4 Å². The maximum Gasteiger partial charge on any atom is 0.244 e. The molecule has 2 atom stereocenters. The van der Waals surface area contributed by atoms with Crippen LogP contribution in [0.15, 0.2) is 47.5 Å². The van der Waals surface area contributed by atoms with E-state index in [0.717, 1.165) is 22.7 Å². The van der Waals surface area contributed by atoms with E-state index in [9.17, 15) is 18.3 Å². The Labute approximate surface area is 250 Å². The van der Waals surface area contributed by atoms with Gasteiger partial charge in [-0.15, -0.1) is 0 Å². The Kier molecular flexibility index (Phi) is 9.00. The quantitative estimate of drug-likeness (QED) is 0.330. The molecule has 2 aliphatic rings. The van der Waals surface area contributed by atoms with E-state index in [2.05, 4.69) is 20.6 Å². The van der Waals surface area contributed by atoms with E-state index in [4.69, 9.17) is 21.1 Å². The number of aliphatic hydroxyl groups excluding tert-OH is 1. The van der Waals surface area contributed by atoms with Gasteiger partial charge in [0.05, 0.1) is 41.6 Å². The predicted octanol–water partition coefficient (Wildman–Crippen LogP) is 3.45. The van der Waals surface area contributed by atoms with Crippen LogP contribution in [-0.4, -0.2) is 72.7 Å². The first-order valence-electron chi connectivity index (χ1n) is 13.7. The standard InChI is InChI=1S/C29H34ClN5O6S/c1-17-10-21(12-23(11-17)40-3)25(16-36)33-28(37)18(2)35-15-20-5-4-19(13-26(20)42(35,38)39)27-24(30)14-31-29(34-27)32-22-6-8-41-9-7-22/h4-5,10-14,18,22,25,36H,6-9,15-16H2,1-3H3,(H,33,37)(H,31,32,34)/t18-,25-/m1/s1. The number of anilines is 1. The van der Waals surface area contributed by atoms with Crippen molar-refractivity contribution in [2.75, 3.05) is 32.2 Å². The Morgan fingerprint density at radius 2 is 2.00 bits per heavy atom. The van der Waals surface area contributed by atoms with Gasteiger partial charge in [0.1, 0.15) is 11.8 Å². The van der Waals surface area contributed by atoms with E-state index in [1.54, 1.807) is 18.2 Å². The number of aliphatic hydroxyl groups is 1. The fourth-order valence-electron chi connectivity index (χ4n) is 5.21. The molecule has 13 heteroatoms. The fraction of sp³-hybridized carbons (Fsp3) is 0.414. The van der Waals surface area contributed by atoms with Gasteiger partial charge in [-0.3, -0.25) is 4.79 Å². The van der Waals surface area contributed by atoms with E-state index in [0.29, 0.717) is 47.3 Å². The van der Waals surface area contributed by atoms with Crippen molar-refractivity contribution in [2.45, 2.75) is 56.3 Å². The monoisotopic (exact) mass is 615 g/mol. The summed E-state index contributed by atoms with van der Waals surface area (Å²) < 4.78 is 39.2. The van der Waals surface area contributed by atoms with Gasteiger partial charge in [-0.25, -0.2) is 18.4 Å². The number of benzene rings is 2. The summed E-state index contributed by atoms with van der Waals surface area (Å²) in [5.41, 5.74) is 3.04. The van der Waals surface area contributed by atoms with Crippen LogP contribution in [0.3, 0.4) is 0 Å². The van der Waals surface area contributed by atoms with Gasteiger partial charge in [-0.1, -0.05) is 29.8 Å². The molecule has 0 aliphatic carbocycles. The summed E-state index contributed by atoms with van der Waals surface area (Å²) in [6.07, 6.45) is 3.16. The van der Waals surface area contributed by atoms with Gasteiger partial charge in [0.15, 0.2) is 0 Å². The summed E-state index contributed by atoms with van der Waals surface area (Å²) in [7, 11) is -2.48. The second kappa shape index (κ2) is 12.5. The lowest BCUT2D eigenvalue weighted by atomic mass is 10.0. The summed E-state index contributed by atoms with van der Waals surface area (Å²) in [4.78, 5) is 22.2. The third kappa shape index (κ3) is 6.23. The van der Waals surface area contributed by atoms with Crippen molar-refractivity contribution in [1.82, 2.24) is 19.6 Å². The Hall–Kier alpha value is -3.29. The average Bonchev–Trinajstić information content (AvgIpc) is 3.25. The van der Waals surface area contributed by atoms with Gasteiger partial charge in [0, 0.05) is 31.4 Å². The molecule has 0 radical (unpaired) electrons. The number of sulfonamides is 1. The molecule has 3 aromatic rings. The second-order valence-electron chi connectivity index (χ2n) is 10.5. The minimum atomic E-state index is -4.02. The van der Waals surface area contributed by atoms with Crippen molar-refractivity contribution >= 4 is 33.5 Å². The zero-order valence-corrected chi connectivity index (χ0v) is 25.2. The van der Waals surface area contributed by atoms with Gasteiger partial charge in [-0.2, -0.15) is 4.31 Å². The fourth-order valence-corrected chi connectivity index (χ4v) is 7.23. The van der Waals surface area contributed by atoms with Gasteiger partial charge in [0.2, 0.25) is 21.9 Å². The molecule has 2 aromatic carbocycles. The van der Waals surface area contributed by atoms with Crippen LogP contribution in [0.4, 0.5) is 5.95 Å². The third-order valence-corrected chi connectivity index (χ3v) is 9.85. The Morgan fingerprint density at radius 3 is 2.71 bits per heavy atom. The first-order chi connectivity index (χ1) is 20.1. The van der Waals surface area contributed by atoms with E-state index in [1.165, 1.54) is 26.3 Å². The molecule has 1 fully saturated rings. The van der Waals surface area contributed by atoms with Gasteiger partial charge in [-0.05, 0) is 61.6 Å². The van der Waals surface area contributed by atoms with Crippen molar-refractivity contribution in [3.05, 3.63) is 64.3 Å². The Bertz CT molecular complexity index is 1580. The number of hydrogen-bond donors (Lipinski definition) is 3. The highest BCUT2D eigenvalue weighted by atomic mass is 35.5. The molecule has 224 valence electrons. The predicted molar refractivity (Wildman–Crippen MR) is 158 cm³/mol. The first-order valence-corrected chi connectivity index (χ1v) is 15.5. The van der Waals surface area contributed by atoms with Gasteiger partial charge in [0.25, 0.3) is 0 Å². The van der Waals surface area contributed by atoms with E-state index < -0.39 is 28.0 Å². The number of nitrogens with zero attached hydrogens (tertiary/aromatic N) is 3. The van der Waals surface area contributed by atoms with Gasteiger partial charge >= 0.3 is 0 Å². The number of carbonyl (C=O) groups is 1. The van der Waals surface area contributed by atoms with Crippen molar-refractivity contribution in [2.24, 2.45) is 0 Å². The maximum atomic E-state index is 13.7. The lowest BCUT2D eigenvalue weighted by molar-refractivity contribution is -0.125. The molecule has 5 rings (SSSR count). The summed E-state index contributed by atoms with van der Waals surface area (Å²) in [6.45, 7) is 4.39. The molecule has 1 saturated heterocycles. The number of fused-ring (bicyclic) bond motifs is 1. The highest BCUT2D eigenvalue weighted by Gasteiger charge is 2.41. The molecular formula is C29H34ClN5O6S. The molecule has 0 spiro atoms. The normalized spacial score (nSPS) is 18.2. The number of methoxy groups -OCH3 is 1. The highest BCUT2D eigenvalue weighted by molar-refractivity contribution is 7.89. The van der Waals surface area contributed by atoms with Crippen LogP contribution in [0, 0.1) is 6.92 Å². The molecule has 0 unspecified atom stereocenters. The highest BCUT2D eigenvalue weighted by Crippen LogP contribution is 2.36. The molecule has 1 aromatic heterocycles. The maximum absolute atomic E-state index is 13.7. The summed E-state index contributed by atoms with van der Waals surface area (Å²) in [6, 6.07) is 8.82. The Balaban J connectivity index is 1.35. The smallest absolute Gasteiger partial charge is 0.244 e. The number of hydrogen-bond acceptors (Lipinski definition) is 9. The van der Waals surface area contributed by atoms with Crippen molar-refractivity contribution in [1.29, 1.82) is 0 Å². The number of halogens is 1. The second-order valence-corrected chi connectivity index (χ2v) is 12.8. The summed E-state index contributed by atoms with van der Waals surface area (Å²) in [5.74, 6) is 0.462. The van der Waals surface area contributed by atoms with E-state index >= 15 is 0 Å². The molecule has 0 bridgehead atoms. The molecule has 3 N–H and O–H groups in total. The van der Waals surface area contributed by atoms with Crippen molar-refractivity contribution < 1.29 is 27.8 Å². The van der Waals surface area contributed by atoms with E-state index in [-0.39, 0.29) is 29.1 Å². The summed E-state index contributed by atoms with van der Waals surface area (Å²) in [5, 5.41) is 16.4. The summed E-state index contributed by atoms with van der Waals surface area (Å²) >= 11 is 6.44. The number of amides is 1. The number of aromatic nitrogens is 2. The third-order valence-electron chi connectivity index (χ3n) is 7.57. The number of carbonyl (C=O) groups excluding carboxylic acids is 1. The number of ether oxygens (including phenoxy) is 2. The van der Waals surface area contributed by atoms with Gasteiger partial charge < -0.3 is 25.2 Å². The van der Waals surface area contributed by atoms with Crippen LogP contribution in [0.2, 0.25) is 5.02 Å². The minimum absolute atomic E-state index is 0.0304. The largest absolute Gasteiger partial charge is 0.497 e. The van der Waals surface area contributed by atoms with Crippen LogP contribution in [0.25, 0.3) is 11.3 Å². The lowest BCUT2D eigenvalue weighted by Crippen LogP contribution is -2.46. The zero-order chi connectivity index (χ0) is 30.0. The minimum Gasteiger partial charge on any atom is -0.497 e. The molecule has 1 amide bonds. The lowest BCUT2D eigenvalue weighted by Gasteiger charge is -2.25. The molecular weight excluding hydrogens is 582 g/mol. The molecule has 42 heavy (non-hydrogen) atoms. The van der Waals surface area contributed by atoms with Crippen LogP contribution in [0.1, 0.15) is 42.5 Å². The van der Waals surface area contributed by atoms with Crippen LogP contribution >= 0.6 is 11.6 Å². The van der Waals surface area contributed by atoms with Crippen LogP contribution in [-0.2, 0) is 26.1 Å². The first kappa shape index (κ1) is 30.2. The number of nitrogens with one attached hydrogen (secondary N) is 2. The number of rotatable bonds is 9. The zero-order valence-electron chi connectivity index (χ0n) is 23.6. The molecule has 3 heterocycles. The Morgan fingerprint density at radius 1 is 1.24 bits per heavy atom. The molecule has 11 nitrogen and oxygen atoms in total. The van der Waals surface area contributed by atoms with E-state index in [1.807, 2.05) is 19.1 Å². The number of aryl methyl sites for hydroxylation is 1. The SMILES string of the molecule is COc1cc(C)cc([C@@H](CO)NC(=O)[C@@H](C)N2Cc3ccc(-c4nc(NC5CCOCC5)ncc4Cl)cc3S2(=O)=O)c1. The topological polar surface area (TPSA) is 143 Å².